The summed E-state index contributed by atoms with van der Waals surface area (Å²) in [5, 5.41) is 0.162. The largest absolute Gasteiger partial charge is 0.440 e. The molecule has 0 aliphatic rings. The Kier molecular flexibility index (Phi) is 3.47. The van der Waals surface area contributed by atoms with E-state index in [4.69, 9.17) is 10.2 Å². The van der Waals surface area contributed by atoms with E-state index in [0.717, 1.165) is 11.9 Å². The predicted molar refractivity (Wildman–Crippen MR) is 70.0 cm³/mol. The first-order chi connectivity index (χ1) is 8.10. The van der Waals surface area contributed by atoms with Crippen LogP contribution in [0.15, 0.2) is 22.6 Å². The SMILES string of the molecule is CCC(C)S(=O)Cc1nc2ccc(N)cc2o1. The summed E-state index contributed by atoms with van der Waals surface area (Å²) < 4.78 is 17.4. The monoisotopic (exact) mass is 252 g/mol. The van der Waals surface area contributed by atoms with Crippen molar-refractivity contribution in [1.82, 2.24) is 4.98 Å². The van der Waals surface area contributed by atoms with E-state index in [0.29, 0.717) is 22.9 Å². The van der Waals surface area contributed by atoms with Gasteiger partial charge in [-0.15, -0.1) is 0 Å². The molecule has 0 amide bonds. The van der Waals surface area contributed by atoms with Crippen LogP contribution in [0.4, 0.5) is 5.69 Å². The normalized spacial score (nSPS) is 14.9. The summed E-state index contributed by atoms with van der Waals surface area (Å²) in [5.41, 5.74) is 7.71. The number of oxazole rings is 1. The minimum atomic E-state index is -0.935. The number of nitrogens with two attached hydrogens (primary N) is 1. The van der Waals surface area contributed by atoms with E-state index in [1.807, 2.05) is 19.9 Å². The summed E-state index contributed by atoms with van der Waals surface area (Å²) in [5.74, 6) is 0.882. The molecule has 0 aliphatic heterocycles. The second-order valence-electron chi connectivity index (χ2n) is 4.08. The van der Waals surface area contributed by atoms with Gasteiger partial charge < -0.3 is 10.2 Å². The van der Waals surface area contributed by atoms with Crippen molar-refractivity contribution in [3.8, 4) is 0 Å². The number of nitrogens with zero attached hydrogens (tertiary/aromatic N) is 1. The van der Waals surface area contributed by atoms with Crippen molar-refractivity contribution < 1.29 is 8.63 Å². The van der Waals surface area contributed by atoms with Gasteiger partial charge in [-0.05, 0) is 18.6 Å². The maximum absolute atomic E-state index is 11.9. The Morgan fingerprint density at radius 3 is 3.00 bits per heavy atom. The molecule has 1 aromatic carbocycles. The van der Waals surface area contributed by atoms with E-state index >= 15 is 0 Å². The van der Waals surface area contributed by atoms with E-state index in [-0.39, 0.29) is 5.25 Å². The summed E-state index contributed by atoms with van der Waals surface area (Å²) in [4.78, 5) is 4.30. The van der Waals surface area contributed by atoms with Crippen molar-refractivity contribution in [3.05, 3.63) is 24.1 Å². The fourth-order valence-electron chi connectivity index (χ4n) is 1.50. The number of rotatable bonds is 4. The zero-order valence-corrected chi connectivity index (χ0v) is 10.8. The Bertz CT molecular complexity index is 550. The lowest BCUT2D eigenvalue weighted by Crippen LogP contribution is -2.11. The van der Waals surface area contributed by atoms with Crippen molar-refractivity contribution in [3.63, 3.8) is 0 Å². The quantitative estimate of drug-likeness (QED) is 0.849. The maximum Gasteiger partial charge on any atom is 0.208 e. The zero-order chi connectivity index (χ0) is 12.4. The van der Waals surface area contributed by atoms with E-state index in [1.165, 1.54) is 0 Å². The highest BCUT2D eigenvalue weighted by Crippen LogP contribution is 2.19. The molecule has 92 valence electrons. The van der Waals surface area contributed by atoms with Gasteiger partial charge in [-0.3, -0.25) is 4.21 Å². The van der Waals surface area contributed by atoms with Gasteiger partial charge in [0, 0.05) is 27.8 Å². The third-order valence-electron chi connectivity index (χ3n) is 2.75. The summed E-state index contributed by atoms with van der Waals surface area (Å²) in [6.07, 6.45) is 0.889. The molecule has 0 radical (unpaired) electrons. The molecule has 2 atom stereocenters. The van der Waals surface area contributed by atoms with Crippen LogP contribution >= 0.6 is 0 Å². The molecule has 2 rings (SSSR count). The molecule has 0 aliphatic carbocycles. The van der Waals surface area contributed by atoms with Gasteiger partial charge in [-0.2, -0.15) is 0 Å². The van der Waals surface area contributed by atoms with Crippen molar-refractivity contribution in [2.75, 3.05) is 5.73 Å². The van der Waals surface area contributed by atoms with Crippen LogP contribution in [0.25, 0.3) is 11.1 Å². The molecule has 2 aromatic rings. The molecular weight excluding hydrogens is 236 g/mol. The van der Waals surface area contributed by atoms with Gasteiger partial charge in [0.15, 0.2) is 5.58 Å². The maximum atomic E-state index is 11.9. The number of aromatic nitrogens is 1. The molecule has 0 saturated carbocycles. The Balaban J connectivity index is 2.22. The predicted octanol–water partition coefficient (Wildman–Crippen LogP) is 2.46. The van der Waals surface area contributed by atoms with E-state index in [2.05, 4.69) is 4.98 Å². The lowest BCUT2D eigenvalue weighted by Gasteiger charge is -2.05. The Labute approximate surface area is 103 Å². The number of anilines is 1. The van der Waals surface area contributed by atoms with Crippen molar-refractivity contribution in [2.24, 2.45) is 0 Å². The molecule has 2 N–H and O–H groups in total. The average molecular weight is 252 g/mol. The lowest BCUT2D eigenvalue weighted by atomic mass is 10.3. The number of fused-ring (bicyclic) bond motifs is 1. The third-order valence-corrected chi connectivity index (χ3v) is 4.51. The van der Waals surface area contributed by atoms with Gasteiger partial charge >= 0.3 is 0 Å². The topological polar surface area (TPSA) is 69.1 Å². The van der Waals surface area contributed by atoms with Crippen LogP contribution in [-0.4, -0.2) is 14.4 Å². The van der Waals surface area contributed by atoms with Crippen molar-refractivity contribution in [1.29, 1.82) is 0 Å². The highest BCUT2D eigenvalue weighted by atomic mass is 32.2. The van der Waals surface area contributed by atoms with Crippen molar-refractivity contribution in [2.45, 2.75) is 31.3 Å². The molecule has 4 nitrogen and oxygen atoms in total. The minimum Gasteiger partial charge on any atom is -0.440 e. The molecule has 0 saturated heterocycles. The Morgan fingerprint density at radius 2 is 2.29 bits per heavy atom. The van der Waals surface area contributed by atoms with Gasteiger partial charge in [0.05, 0.1) is 0 Å². The lowest BCUT2D eigenvalue weighted by molar-refractivity contribution is 0.551. The first kappa shape index (κ1) is 12.1. The Hall–Kier alpha value is -1.36. The van der Waals surface area contributed by atoms with E-state index in [9.17, 15) is 4.21 Å². The van der Waals surface area contributed by atoms with E-state index < -0.39 is 10.8 Å². The zero-order valence-electron chi connectivity index (χ0n) is 9.97. The first-order valence-electron chi connectivity index (χ1n) is 5.62. The number of nitrogen functional groups attached to an aromatic ring is 1. The van der Waals surface area contributed by atoms with Gasteiger partial charge in [0.25, 0.3) is 0 Å². The van der Waals surface area contributed by atoms with Gasteiger partial charge in [-0.25, -0.2) is 4.98 Å². The van der Waals surface area contributed by atoms with Gasteiger partial charge in [-0.1, -0.05) is 13.8 Å². The molecule has 1 aromatic heterocycles. The fourth-order valence-corrected chi connectivity index (χ4v) is 2.52. The highest BCUT2D eigenvalue weighted by molar-refractivity contribution is 7.84. The van der Waals surface area contributed by atoms with E-state index in [1.54, 1.807) is 12.1 Å². The van der Waals surface area contributed by atoms with Crippen LogP contribution < -0.4 is 5.73 Å². The van der Waals surface area contributed by atoms with Crippen molar-refractivity contribution >= 4 is 27.6 Å². The van der Waals surface area contributed by atoms with Gasteiger partial charge in [0.2, 0.25) is 5.89 Å². The van der Waals surface area contributed by atoms with Crippen LogP contribution in [0.1, 0.15) is 26.2 Å². The molecule has 0 spiro atoms. The second-order valence-corrected chi connectivity index (χ2v) is 5.93. The summed E-state index contributed by atoms with van der Waals surface area (Å²) in [6, 6.07) is 5.32. The average Bonchev–Trinajstić information content (AvgIpc) is 2.69. The summed E-state index contributed by atoms with van der Waals surface area (Å²) >= 11 is 0. The van der Waals surface area contributed by atoms with Gasteiger partial charge in [0.1, 0.15) is 11.3 Å². The first-order valence-corrected chi connectivity index (χ1v) is 7.00. The molecule has 0 fully saturated rings. The van der Waals surface area contributed by atoms with Crippen LogP contribution in [-0.2, 0) is 16.6 Å². The minimum absolute atomic E-state index is 0.162. The van der Waals surface area contributed by atoms with Crippen LogP contribution in [0, 0.1) is 0 Å². The summed E-state index contributed by atoms with van der Waals surface area (Å²) in [7, 11) is -0.935. The number of hydrogen-bond donors (Lipinski definition) is 1. The number of benzene rings is 1. The molecule has 2 unspecified atom stereocenters. The van der Waals surface area contributed by atoms with Crippen LogP contribution in [0.5, 0.6) is 0 Å². The van der Waals surface area contributed by atoms with Crippen LogP contribution in [0.3, 0.4) is 0 Å². The Morgan fingerprint density at radius 1 is 1.53 bits per heavy atom. The summed E-state index contributed by atoms with van der Waals surface area (Å²) in [6.45, 7) is 3.99. The standard InChI is InChI=1S/C12H16N2O2S/c1-3-8(2)17(15)7-12-14-10-5-4-9(13)6-11(10)16-12/h4-6,8H,3,7,13H2,1-2H3. The molecular formula is C12H16N2O2S. The van der Waals surface area contributed by atoms with Crippen LogP contribution in [0.2, 0.25) is 0 Å². The number of hydrogen-bond acceptors (Lipinski definition) is 4. The molecule has 5 heteroatoms. The third kappa shape index (κ3) is 2.66. The molecule has 17 heavy (non-hydrogen) atoms. The smallest absolute Gasteiger partial charge is 0.208 e. The highest BCUT2D eigenvalue weighted by Gasteiger charge is 2.14. The molecule has 1 heterocycles. The fraction of sp³-hybridized carbons (Fsp3) is 0.417. The second kappa shape index (κ2) is 4.87. The molecule has 0 bridgehead atoms.